The first-order valence-corrected chi connectivity index (χ1v) is 11.0. The molecule has 0 aliphatic carbocycles. The van der Waals surface area contributed by atoms with Crippen LogP contribution in [0, 0.1) is 5.92 Å². The van der Waals surface area contributed by atoms with Crippen molar-refractivity contribution >= 4 is 17.7 Å². The second-order valence-electron chi connectivity index (χ2n) is 8.23. The highest BCUT2D eigenvalue weighted by molar-refractivity contribution is 5.84. The molecule has 1 aromatic carbocycles. The summed E-state index contributed by atoms with van der Waals surface area (Å²) in [6.45, 7) is 2.97. The van der Waals surface area contributed by atoms with E-state index in [1.807, 2.05) is 39.9 Å². The molecule has 8 heteroatoms. The molecule has 2 aromatic rings. The Morgan fingerprint density at radius 2 is 1.90 bits per heavy atom. The van der Waals surface area contributed by atoms with E-state index in [-0.39, 0.29) is 23.6 Å². The van der Waals surface area contributed by atoms with Crippen LogP contribution in [0.2, 0.25) is 0 Å². The SMILES string of the molecule is O=C(NCc1ccccc1-n1ccnc1)[C@H]1CCC(=O)N(CCCN2CCCC2=O)C1. The topological polar surface area (TPSA) is 87.5 Å². The summed E-state index contributed by atoms with van der Waals surface area (Å²) in [5.41, 5.74) is 1.99. The van der Waals surface area contributed by atoms with Gasteiger partial charge in [-0.15, -0.1) is 0 Å². The number of aromatic nitrogens is 2. The van der Waals surface area contributed by atoms with Gasteiger partial charge in [0, 0.05) is 58.0 Å². The van der Waals surface area contributed by atoms with E-state index in [1.54, 1.807) is 17.4 Å². The lowest BCUT2D eigenvalue weighted by atomic mass is 9.96. The van der Waals surface area contributed by atoms with Gasteiger partial charge in [-0.3, -0.25) is 14.4 Å². The molecule has 1 N–H and O–H groups in total. The molecule has 0 radical (unpaired) electrons. The number of carbonyl (C=O) groups is 3. The van der Waals surface area contributed by atoms with E-state index in [0.29, 0.717) is 45.4 Å². The molecule has 8 nitrogen and oxygen atoms in total. The van der Waals surface area contributed by atoms with E-state index < -0.39 is 0 Å². The van der Waals surface area contributed by atoms with Gasteiger partial charge in [0.1, 0.15) is 0 Å². The Hall–Kier alpha value is -3.16. The molecule has 2 aliphatic heterocycles. The normalized spacial score (nSPS) is 19.2. The van der Waals surface area contributed by atoms with Gasteiger partial charge in [-0.2, -0.15) is 0 Å². The summed E-state index contributed by atoms with van der Waals surface area (Å²) in [7, 11) is 0. The van der Waals surface area contributed by atoms with Crippen molar-refractivity contribution in [3.05, 3.63) is 48.5 Å². The van der Waals surface area contributed by atoms with Crippen LogP contribution in [0.25, 0.3) is 5.69 Å². The lowest BCUT2D eigenvalue weighted by Crippen LogP contribution is -2.46. The zero-order valence-corrected chi connectivity index (χ0v) is 17.7. The van der Waals surface area contributed by atoms with E-state index in [2.05, 4.69) is 10.3 Å². The van der Waals surface area contributed by atoms with Crippen LogP contribution in [0.4, 0.5) is 0 Å². The van der Waals surface area contributed by atoms with E-state index in [4.69, 9.17) is 0 Å². The molecule has 2 aliphatic rings. The van der Waals surface area contributed by atoms with Gasteiger partial charge in [0.15, 0.2) is 0 Å². The van der Waals surface area contributed by atoms with Crippen molar-refractivity contribution in [1.82, 2.24) is 24.7 Å². The van der Waals surface area contributed by atoms with Crippen LogP contribution >= 0.6 is 0 Å². The minimum Gasteiger partial charge on any atom is -0.352 e. The van der Waals surface area contributed by atoms with Crippen LogP contribution in [0.1, 0.15) is 37.7 Å². The number of para-hydroxylation sites is 1. The third kappa shape index (κ3) is 5.13. The number of hydrogen-bond acceptors (Lipinski definition) is 4. The second-order valence-corrected chi connectivity index (χ2v) is 8.23. The number of nitrogens with one attached hydrogen (secondary N) is 1. The van der Waals surface area contributed by atoms with Crippen molar-refractivity contribution in [3.8, 4) is 5.69 Å². The number of nitrogens with zero attached hydrogens (tertiary/aromatic N) is 4. The highest BCUT2D eigenvalue weighted by Crippen LogP contribution is 2.20. The fourth-order valence-corrected chi connectivity index (χ4v) is 4.38. The third-order valence-electron chi connectivity index (χ3n) is 6.13. The zero-order valence-electron chi connectivity index (χ0n) is 17.7. The predicted molar refractivity (Wildman–Crippen MR) is 115 cm³/mol. The molecule has 2 fully saturated rings. The zero-order chi connectivity index (χ0) is 21.6. The van der Waals surface area contributed by atoms with Gasteiger partial charge in [-0.25, -0.2) is 4.98 Å². The van der Waals surface area contributed by atoms with Crippen LogP contribution in [-0.4, -0.2) is 63.3 Å². The van der Waals surface area contributed by atoms with Crippen LogP contribution in [-0.2, 0) is 20.9 Å². The maximum absolute atomic E-state index is 12.8. The molecule has 164 valence electrons. The molecule has 0 unspecified atom stereocenters. The first-order valence-electron chi connectivity index (χ1n) is 11.0. The summed E-state index contributed by atoms with van der Waals surface area (Å²) >= 11 is 0. The Morgan fingerprint density at radius 3 is 2.68 bits per heavy atom. The maximum atomic E-state index is 12.8. The quantitative estimate of drug-likeness (QED) is 0.701. The molecule has 4 rings (SSSR count). The lowest BCUT2D eigenvalue weighted by Gasteiger charge is -2.32. The Labute approximate surface area is 182 Å². The van der Waals surface area contributed by atoms with Crippen molar-refractivity contribution in [2.45, 2.75) is 38.6 Å². The van der Waals surface area contributed by atoms with E-state index in [1.165, 1.54) is 0 Å². The van der Waals surface area contributed by atoms with Gasteiger partial charge in [-0.1, -0.05) is 18.2 Å². The molecule has 0 bridgehead atoms. The Kier molecular flexibility index (Phi) is 6.64. The number of imidazole rings is 1. The fraction of sp³-hybridized carbons (Fsp3) is 0.478. The summed E-state index contributed by atoms with van der Waals surface area (Å²) in [6.07, 6.45) is 8.62. The highest BCUT2D eigenvalue weighted by atomic mass is 16.2. The summed E-state index contributed by atoms with van der Waals surface area (Å²) in [6, 6.07) is 7.90. The van der Waals surface area contributed by atoms with E-state index in [9.17, 15) is 14.4 Å². The summed E-state index contributed by atoms with van der Waals surface area (Å²) in [5, 5.41) is 3.05. The van der Waals surface area contributed by atoms with Crippen molar-refractivity contribution in [2.24, 2.45) is 5.92 Å². The molecule has 3 amide bonds. The number of carbonyl (C=O) groups excluding carboxylic acids is 3. The van der Waals surface area contributed by atoms with Gasteiger partial charge in [-0.05, 0) is 30.9 Å². The number of benzene rings is 1. The van der Waals surface area contributed by atoms with Gasteiger partial charge >= 0.3 is 0 Å². The van der Waals surface area contributed by atoms with E-state index >= 15 is 0 Å². The summed E-state index contributed by atoms with van der Waals surface area (Å²) < 4.78 is 1.92. The van der Waals surface area contributed by atoms with Gasteiger partial charge in [0.2, 0.25) is 17.7 Å². The molecule has 0 saturated carbocycles. The minimum absolute atomic E-state index is 0.0207. The lowest BCUT2D eigenvalue weighted by molar-refractivity contribution is -0.138. The van der Waals surface area contributed by atoms with Crippen LogP contribution in [0.5, 0.6) is 0 Å². The standard InChI is InChI=1S/C23H29N5O3/c29-21-7-3-11-26(21)12-4-13-27-16-19(8-9-22(27)30)23(31)25-15-18-5-1-2-6-20(18)28-14-10-24-17-28/h1-2,5-6,10,14,17,19H,3-4,7-9,11-13,15-16H2,(H,25,31)/t19-/m0/s1. The number of piperidine rings is 1. The molecule has 31 heavy (non-hydrogen) atoms. The van der Waals surface area contributed by atoms with Crippen molar-refractivity contribution in [3.63, 3.8) is 0 Å². The summed E-state index contributed by atoms with van der Waals surface area (Å²) in [5.74, 6) is 0.0830. The van der Waals surface area contributed by atoms with Gasteiger partial charge < -0.3 is 19.7 Å². The largest absolute Gasteiger partial charge is 0.352 e. The van der Waals surface area contributed by atoms with Crippen molar-refractivity contribution in [1.29, 1.82) is 0 Å². The number of likely N-dealkylation sites (tertiary alicyclic amines) is 2. The monoisotopic (exact) mass is 423 g/mol. The Balaban J connectivity index is 1.29. The Morgan fingerprint density at radius 1 is 1.10 bits per heavy atom. The number of rotatable bonds is 8. The number of hydrogen-bond donors (Lipinski definition) is 1. The van der Waals surface area contributed by atoms with Crippen LogP contribution < -0.4 is 5.32 Å². The molecule has 2 saturated heterocycles. The molecular formula is C23H29N5O3. The molecular weight excluding hydrogens is 394 g/mol. The second kappa shape index (κ2) is 9.76. The molecule has 3 heterocycles. The molecule has 0 spiro atoms. The smallest absolute Gasteiger partial charge is 0.225 e. The maximum Gasteiger partial charge on any atom is 0.225 e. The third-order valence-corrected chi connectivity index (χ3v) is 6.13. The van der Waals surface area contributed by atoms with Gasteiger partial charge in [0.05, 0.1) is 17.9 Å². The predicted octanol–water partition coefficient (Wildman–Crippen LogP) is 1.74. The average Bonchev–Trinajstić information content (AvgIpc) is 3.46. The number of amides is 3. The highest BCUT2D eigenvalue weighted by Gasteiger charge is 2.30. The summed E-state index contributed by atoms with van der Waals surface area (Å²) in [4.78, 5) is 44.6. The van der Waals surface area contributed by atoms with E-state index in [0.717, 1.165) is 30.6 Å². The van der Waals surface area contributed by atoms with Crippen molar-refractivity contribution in [2.75, 3.05) is 26.2 Å². The molecule has 1 aromatic heterocycles. The molecule has 1 atom stereocenters. The Bertz CT molecular complexity index is 927. The average molecular weight is 424 g/mol. The van der Waals surface area contributed by atoms with Crippen LogP contribution in [0.3, 0.4) is 0 Å². The first-order chi connectivity index (χ1) is 15.1. The van der Waals surface area contributed by atoms with Gasteiger partial charge in [0.25, 0.3) is 0 Å². The fourth-order valence-electron chi connectivity index (χ4n) is 4.38. The minimum atomic E-state index is -0.202. The van der Waals surface area contributed by atoms with Crippen molar-refractivity contribution < 1.29 is 14.4 Å². The van der Waals surface area contributed by atoms with Crippen LogP contribution in [0.15, 0.2) is 43.0 Å². The first kappa shape index (κ1) is 21.1.